The van der Waals surface area contributed by atoms with Gasteiger partial charge in [-0.25, -0.2) is 0 Å². The summed E-state index contributed by atoms with van der Waals surface area (Å²) in [5.41, 5.74) is 1.17. The van der Waals surface area contributed by atoms with Crippen LogP contribution in [0.2, 0.25) is 0 Å². The maximum absolute atomic E-state index is 5.16. The van der Waals surface area contributed by atoms with E-state index in [-0.39, 0.29) is 0 Å². The van der Waals surface area contributed by atoms with Gasteiger partial charge in [0, 0.05) is 6.20 Å². The molecule has 78 valence electrons. The van der Waals surface area contributed by atoms with Gasteiger partial charge in [0.2, 0.25) is 0 Å². The Balaban J connectivity index is 2.16. The van der Waals surface area contributed by atoms with Crippen molar-refractivity contribution in [1.82, 2.24) is 9.78 Å². The van der Waals surface area contributed by atoms with E-state index in [0.717, 1.165) is 16.9 Å². The lowest BCUT2D eigenvalue weighted by atomic mass is 10.2. The van der Waals surface area contributed by atoms with Crippen molar-refractivity contribution in [2.24, 2.45) is 0 Å². The topological polar surface area (TPSA) is 27.1 Å². The number of halogens is 1. The molecule has 0 bridgehead atoms. The molecule has 1 aromatic carbocycles. The molecule has 2 aromatic rings. The summed E-state index contributed by atoms with van der Waals surface area (Å²) < 4.78 is 7.88. The van der Waals surface area contributed by atoms with E-state index in [1.165, 1.54) is 5.56 Å². The molecular weight excluding hydrogens is 256 g/mol. The Kier molecular flexibility index (Phi) is 3.06. The molecule has 15 heavy (non-hydrogen) atoms. The van der Waals surface area contributed by atoms with Crippen molar-refractivity contribution in [1.29, 1.82) is 0 Å². The highest BCUT2D eigenvalue weighted by molar-refractivity contribution is 9.10. The highest BCUT2D eigenvalue weighted by atomic mass is 79.9. The van der Waals surface area contributed by atoms with Gasteiger partial charge in [0.05, 0.1) is 13.7 Å². The van der Waals surface area contributed by atoms with E-state index in [1.54, 1.807) is 7.11 Å². The lowest BCUT2D eigenvalue weighted by Crippen LogP contribution is -2.00. The van der Waals surface area contributed by atoms with Gasteiger partial charge >= 0.3 is 0 Å². The first-order valence-electron chi connectivity index (χ1n) is 4.60. The number of rotatable bonds is 3. The second kappa shape index (κ2) is 4.49. The van der Waals surface area contributed by atoms with Crippen LogP contribution in [0.4, 0.5) is 0 Å². The fourth-order valence-electron chi connectivity index (χ4n) is 1.38. The lowest BCUT2D eigenvalue weighted by molar-refractivity contribution is 0.414. The van der Waals surface area contributed by atoms with Crippen LogP contribution in [0.25, 0.3) is 0 Å². The highest BCUT2D eigenvalue weighted by Crippen LogP contribution is 2.14. The van der Waals surface area contributed by atoms with Crippen LogP contribution in [0, 0.1) is 0 Å². The molecular formula is C11H11BrN2O. The van der Waals surface area contributed by atoms with E-state index in [0.29, 0.717) is 0 Å². The Hall–Kier alpha value is -1.29. The summed E-state index contributed by atoms with van der Waals surface area (Å²) in [7, 11) is 1.67. The maximum atomic E-state index is 5.16. The van der Waals surface area contributed by atoms with Gasteiger partial charge in [0.1, 0.15) is 10.4 Å². The summed E-state index contributed by atoms with van der Waals surface area (Å²) in [6.45, 7) is 0.753. The Bertz CT molecular complexity index is 453. The third kappa shape index (κ3) is 2.59. The molecule has 0 aliphatic carbocycles. The number of ether oxygens (including phenoxy) is 1. The van der Waals surface area contributed by atoms with Gasteiger partial charge in [0.15, 0.2) is 0 Å². The predicted octanol–water partition coefficient (Wildman–Crippen LogP) is 2.70. The third-order valence-electron chi connectivity index (χ3n) is 2.09. The molecule has 0 aliphatic rings. The molecule has 0 spiro atoms. The van der Waals surface area contributed by atoms with Crippen molar-refractivity contribution in [3.8, 4) is 5.75 Å². The van der Waals surface area contributed by atoms with Gasteiger partial charge in [-0.3, -0.25) is 4.68 Å². The van der Waals surface area contributed by atoms with Crippen molar-refractivity contribution in [2.45, 2.75) is 6.54 Å². The molecule has 0 aliphatic heterocycles. The first-order valence-corrected chi connectivity index (χ1v) is 5.39. The van der Waals surface area contributed by atoms with Crippen LogP contribution < -0.4 is 4.74 Å². The van der Waals surface area contributed by atoms with E-state index < -0.39 is 0 Å². The number of benzene rings is 1. The first-order chi connectivity index (χ1) is 7.28. The van der Waals surface area contributed by atoms with Gasteiger partial charge < -0.3 is 4.74 Å². The number of aromatic nitrogens is 2. The average Bonchev–Trinajstić information content (AvgIpc) is 2.64. The Morgan fingerprint density at radius 1 is 1.40 bits per heavy atom. The van der Waals surface area contributed by atoms with Crippen LogP contribution in [0.15, 0.2) is 41.1 Å². The van der Waals surface area contributed by atoms with Crippen molar-refractivity contribution in [3.63, 3.8) is 0 Å². The molecule has 0 atom stereocenters. The molecule has 3 nitrogen and oxygen atoms in total. The number of hydrogen-bond donors (Lipinski definition) is 0. The normalized spacial score (nSPS) is 10.3. The molecule has 0 N–H and O–H groups in total. The van der Waals surface area contributed by atoms with Crippen LogP contribution in [0.3, 0.4) is 0 Å². The molecule has 2 rings (SSSR count). The smallest absolute Gasteiger partial charge is 0.128 e. The summed E-state index contributed by atoms with van der Waals surface area (Å²) in [4.78, 5) is 0. The largest absolute Gasteiger partial charge is 0.497 e. The fourth-order valence-corrected chi connectivity index (χ4v) is 1.70. The molecule has 0 saturated carbocycles. The minimum Gasteiger partial charge on any atom is -0.497 e. The monoisotopic (exact) mass is 266 g/mol. The molecule has 0 saturated heterocycles. The van der Waals surface area contributed by atoms with E-state index in [9.17, 15) is 0 Å². The van der Waals surface area contributed by atoms with Crippen LogP contribution in [0.5, 0.6) is 5.75 Å². The average molecular weight is 267 g/mol. The minimum atomic E-state index is 0.753. The summed E-state index contributed by atoms with van der Waals surface area (Å²) in [6, 6.07) is 9.89. The van der Waals surface area contributed by atoms with Crippen LogP contribution in [-0.4, -0.2) is 16.9 Å². The van der Waals surface area contributed by atoms with E-state index in [4.69, 9.17) is 4.74 Å². The standard InChI is InChI=1S/C11H11BrN2O/c1-15-10-4-2-3-9(7-10)8-14-6-5-11(12)13-14/h2-7H,8H2,1H3. The molecule has 0 fully saturated rings. The lowest BCUT2D eigenvalue weighted by Gasteiger charge is -2.04. The molecule has 4 heteroatoms. The fraction of sp³-hybridized carbons (Fsp3) is 0.182. The maximum Gasteiger partial charge on any atom is 0.128 e. The van der Waals surface area contributed by atoms with E-state index in [1.807, 2.05) is 35.1 Å². The predicted molar refractivity (Wildman–Crippen MR) is 62.0 cm³/mol. The summed E-state index contributed by atoms with van der Waals surface area (Å²) in [6.07, 6.45) is 1.93. The van der Waals surface area contributed by atoms with Crippen LogP contribution in [-0.2, 0) is 6.54 Å². The molecule has 1 aromatic heterocycles. The SMILES string of the molecule is COc1cccc(Cn2ccc(Br)n2)c1. The number of methoxy groups -OCH3 is 1. The molecule has 0 unspecified atom stereocenters. The first kappa shape index (κ1) is 10.2. The third-order valence-corrected chi connectivity index (χ3v) is 2.51. The summed E-state index contributed by atoms with van der Waals surface area (Å²) in [5, 5.41) is 4.25. The second-order valence-corrected chi connectivity index (χ2v) is 4.00. The van der Waals surface area contributed by atoms with Gasteiger partial charge in [0.25, 0.3) is 0 Å². The zero-order valence-electron chi connectivity index (χ0n) is 8.35. The summed E-state index contributed by atoms with van der Waals surface area (Å²) >= 11 is 3.32. The van der Waals surface area contributed by atoms with E-state index in [2.05, 4.69) is 27.1 Å². The van der Waals surface area contributed by atoms with Crippen molar-refractivity contribution >= 4 is 15.9 Å². The Morgan fingerprint density at radius 3 is 2.93 bits per heavy atom. The van der Waals surface area contributed by atoms with Gasteiger partial charge in [-0.05, 0) is 39.7 Å². The minimum absolute atomic E-state index is 0.753. The van der Waals surface area contributed by atoms with E-state index >= 15 is 0 Å². The van der Waals surface area contributed by atoms with Crippen LogP contribution in [0.1, 0.15) is 5.56 Å². The highest BCUT2D eigenvalue weighted by Gasteiger charge is 1.98. The number of hydrogen-bond acceptors (Lipinski definition) is 2. The Labute approximate surface area is 96.8 Å². The molecule has 0 amide bonds. The van der Waals surface area contributed by atoms with Crippen molar-refractivity contribution < 1.29 is 4.74 Å². The second-order valence-electron chi connectivity index (χ2n) is 3.19. The van der Waals surface area contributed by atoms with Crippen molar-refractivity contribution in [2.75, 3.05) is 7.11 Å². The Morgan fingerprint density at radius 2 is 2.27 bits per heavy atom. The summed E-state index contributed by atoms with van der Waals surface area (Å²) in [5.74, 6) is 0.874. The molecule has 0 radical (unpaired) electrons. The van der Waals surface area contributed by atoms with Gasteiger partial charge in [-0.1, -0.05) is 12.1 Å². The van der Waals surface area contributed by atoms with Crippen molar-refractivity contribution in [3.05, 3.63) is 46.7 Å². The van der Waals surface area contributed by atoms with Gasteiger partial charge in [-0.15, -0.1) is 0 Å². The van der Waals surface area contributed by atoms with Crippen LogP contribution >= 0.6 is 15.9 Å². The zero-order valence-corrected chi connectivity index (χ0v) is 9.94. The molecule has 1 heterocycles. The quantitative estimate of drug-likeness (QED) is 0.854. The van der Waals surface area contributed by atoms with Gasteiger partial charge in [-0.2, -0.15) is 5.10 Å². The zero-order chi connectivity index (χ0) is 10.7. The number of nitrogens with zero attached hydrogens (tertiary/aromatic N) is 2.